The minimum atomic E-state index is -0.729. The van der Waals surface area contributed by atoms with Crippen molar-refractivity contribution < 1.29 is 9.90 Å². The Hall–Kier alpha value is -0.830. The number of nitrogens with zero attached hydrogens (tertiary/aromatic N) is 1. The molecule has 1 heterocycles. The molecular formula is C10H17NO2. The van der Waals surface area contributed by atoms with E-state index in [1.807, 2.05) is 4.90 Å². The lowest BCUT2D eigenvalue weighted by Gasteiger charge is -2.17. The zero-order valence-corrected chi connectivity index (χ0v) is 7.91. The van der Waals surface area contributed by atoms with E-state index in [1.165, 1.54) is 12.8 Å². The van der Waals surface area contributed by atoms with E-state index in [1.54, 1.807) is 0 Å². The molecule has 13 heavy (non-hydrogen) atoms. The Balaban J connectivity index is 2.36. The van der Waals surface area contributed by atoms with E-state index in [2.05, 4.69) is 12.2 Å². The number of carboxylic acid groups (broad SMARTS) is 1. The summed E-state index contributed by atoms with van der Waals surface area (Å²) in [5.74, 6) is -0.729. The molecule has 0 aromatic carbocycles. The molecule has 0 saturated carbocycles. The molecule has 0 fully saturated rings. The van der Waals surface area contributed by atoms with Crippen LogP contribution in [-0.4, -0.2) is 35.6 Å². The maximum atomic E-state index is 10.5. The molecule has 0 saturated heterocycles. The summed E-state index contributed by atoms with van der Waals surface area (Å²) in [6, 6.07) is 0. The molecule has 74 valence electrons. The Morgan fingerprint density at radius 2 is 2.15 bits per heavy atom. The lowest BCUT2D eigenvalue weighted by atomic mass is 10.2. The van der Waals surface area contributed by atoms with Gasteiger partial charge in [0.15, 0.2) is 0 Å². The molecule has 0 aromatic rings. The first-order valence-electron chi connectivity index (χ1n) is 4.88. The van der Waals surface area contributed by atoms with Gasteiger partial charge < -0.3 is 5.11 Å². The van der Waals surface area contributed by atoms with Gasteiger partial charge in [-0.2, -0.15) is 0 Å². The molecule has 3 heteroatoms. The second-order valence-electron chi connectivity index (χ2n) is 3.45. The van der Waals surface area contributed by atoms with Gasteiger partial charge in [-0.05, 0) is 25.8 Å². The summed E-state index contributed by atoms with van der Waals surface area (Å²) in [6.45, 7) is 1.87. The van der Waals surface area contributed by atoms with Crippen molar-refractivity contribution in [1.29, 1.82) is 0 Å². The predicted octanol–water partition coefficient (Wildman–Crippen LogP) is 1.50. The highest BCUT2D eigenvalue weighted by atomic mass is 16.4. The Morgan fingerprint density at radius 1 is 1.31 bits per heavy atom. The van der Waals surface area contributed by atoms with Gasteiger partial charge in [-0.1, -0.05) is 18.6 Å². The number of rotatable bonds is 2. The summed E-state index contributed by atoms with van der Waals surface area (Å²) in [7, 11) is 0. The molecule has 0 spiro atoms. The average Bonchev–Trinajstić information content (AvgIpc) is 2.17. The fourth-order valence-electron chi connectivity index (χ4n) is 1.54. The molecule has 1 N–H and O–H groups in total. The van der Waals surface area contributed by atoms with E-state index >= 15 is 0 Å². The average molecular weight is 183 g/mol. The summed E-state index contributed by atoms with van der Waals surface area (Å²) < 4.78 is 0. The number of aliphatic carboxylic acids is 1. The van der Waals surface area contributed by atoms with Crippen LogP contribution in [0.15, 0.2) is 12.2 Å². The van der Waals surface area contributed by atoms with Gasteiger partial charge in [0.05, 0.1) is 6.54 Å². The third kappa shape index (κ3) is 4.68. The molecule has 0 unspecified atom stereocenters. The van der Waals surface area contributed by atoms with Crippen LogP contribution < -0.4 is 0 Å². The maximum absolute atomic E-state index is 10.5. The van der Waals surface area contributed by atoms with Gasteiger partial charge in [0.2, 0.25) is 0 Å². The molecular weight excluding hydrogens is 166 g/mol. The lowest BCUT2D eigenvalue weighted by Crippen LogP contribution is -2.30. The van der Waals surface area contributed by atoms with Crippen molar-refractivity contribution >= 4 is 5.97 Å². The molecule has 0 amide bonds. The fourth-order valence-corrected chi connectivity index (χ4v) is 1.54. The van der Waals surface area contributed by atoms with Crippen LogP contribution in [0.25, 0.3) is 0 Å². The first-order chi connectivity index (χ1) is 6.29. The quantitative estimate of drug-likeness (QED) is 0.659. The number of hydrogen-bond acceptors (Lipinski definition) is 2. The van der Waals surface area contributed by atoms with E-state index in [4.69, 9.17) is 5.11 Å². The Kier molecular flexibility index (Phi) is 4.54. The van der Waals surface area contributed by atoms with Crippen molar-refractivity contribution in [3.8, 4) is 0 Å². The van der Waals surface area contributed by atoms with Crippen molar-refractivity contribution in [2.75, 3.05) is 19.6 Å². The van der Waals surface area contributed by atoms with Gasteiger partial charge in [0.25, 0.3) is 0 Å². The normalized spacial score (nSPS) is 22.8. The zero-order valence-electron chi connectivity index (χ0n) is 7.91. The minimum absolute atomic E-state index is 0.171. The number of carbonyl (C=O) groups is 1. The molecule has 0 bridgehead atoms. The first kappa shape index (κ1) is 10.3. The van der Waals surface area contributed by atoms with Crippen LogP contribution in [0, 0.1) is 0 Å². The Morgan fingerprint density at radius 3 is 2.92 bits per heavy atom. The standard InChI is InChI=1S/C10H17NO2/c12-10(13)9-11-7-5-3-1-2-4-6-8-11/h3,5H,1-2,4,6-9H2,(H,12,13)/b5-3-. The second-order valence-corrected chi connectivity index (χ2v) is 3.45. The van der Waals surface area contributed by atoms with E-state index in [9.17, 15) is 4.79 Å². The Bertz CT molecular complexity index is 189. The van der Waals surface area contributed by atoms with Gasteiger partial charge in [0, 0.05) is 6.54 Å². The van der Waals surface area contributed by atoms with E-state index in [0.717, 1.165) is 25.9 Å². The van der Waals surface area contributed by atoms with Crippen LogP contribution in [0.2, 0.25) is 0 Å². The highest BCUT2D eigenvalue weighted by Gasteiger charge is 2.07. The largest absolute Gasteiger partial charge is 0.480 e. The van der Waals surface area contributed by atoms with Crippen molar-refractivity contribution in [1.82, 2.24) is 4.90 Å². The summed E-state index contributed by atoms with van der Waals surface area (Å²) in [5, 5.41) is 8.63. The topological polar surface area (TPSA) is 40.5 Å². The third-order valence-electron chi connectivity index (χ3n) is 2.23. The smallest absolute Gasteiger partial charge is 0.317 e. The molecule has 0 atom stereocenters. The maximum Gasteiger partial charge on any atom is 0.317 e. The summed E-state index contributed by atoms with van der Waals surface area (Å²) in [5.41, 5.74) is 0. The SMILES string of the molecule is O=C(O)CN1C/C=C\CCCCC1. The molecule has 1 aliphatic heterocycles. The van der Waals surface area contributed by atoms with E-state index in [0.29, 0.717) is 0 Å². The lowest BCUT2D eigenvalue weighted by molar-refractivity contribution is -0.138. The van der Waals surface area contributed by atoms with Gasteiger partial charge in [-0.15, -0.1) is 0 Å². The van der Waals surface area contributed by atoms with Crippen LogP contribution >= 0.6 is 0 Å². The molecule has 1 aliphatic rings. The summed E-state index contributed by atoms with van der Waals surface area (Å²) >= 11 is 0. The van der Waals surface area contributed by atoms with Crippen molar-refractivity contribution in [2.24, 2.45) is 0 Å². The van der Waals surface area contributed by atoms with Gasteiger partial charge in [-0.25, -0.2) is 0 Å². The zero-order chi connectivity index (χ0) is 9.52. The van der Waals surface area contributed by atoms with E-state index < -0.39 is 5.97 Å². The predicted molar refractivity (Wildman–Crippen MR) is 51.7 cm³/mol. The van der Waals surface area contributed by atoms with Crippen molar-refractivity contribution in [3.63, 3.8) is 0 Å². The highest BCUT2D eigenvalue weighted by molar-refractivity contribution is 5.69. The second kappa shape index (κ2) is 5.75. The van der Waals surface area contributed by atoms with Crippen LogP contribution in [0.4, 0.5) is 0 Å². The Labute approximate surface area is 79.0 Å². The van der Waals surface area contributed by atoms with Crippen LogP contribution in [-0.2, 0) is 4.79 Å². The molecule has 0 aliphatic carbocycles. The van der Waals surface area contributed by atoms with Crippen LogP contribution in [0.3, 0.4) is 0 Å². The fraction of sp³-hybridized carbons (Fsp3) is 0.700. The molecule has 0 radical (unpaired) electrons. The highest BCUT2D eigenvalue weighted by Crippen LogP contribution is 2.05. The van der Waals surface area contributed by atoms with Crippen molar-refractivity contribution in [2.45, 2.75) is 25.7 Å². The first-order valence-corrected chi connectivity index (χ1v) is 4.88. The van der Waals surface area contributed by atoms with Gasteiger partial charge in [0.1, 0.15) is 0 Å². The number of carboxylic acids is 1. The van der Waals surface area contributed by atoms with Gasteiger partial charge in [-0.3, -0.25) is 9.69 Å². The van der Waals surface area contributed by atoms with Crippen LogP contribution in [0.5, 0.6) is 0 Å². The van der Waals surface area contributed by atoms with Gasteiger partial charge >= 0.3 is 5.97 Å². The van der Waals surface area contributed by atoms with Crippen molar-refractivity contribution in [3.05, 3.63) is 12.2 Å². The minimum Gasteiger partial charge on any atom is -0.480 e. The van der Waals surface area contributed by atoms with Crippen LogP contribution in [0.1, 0.15) is 25.7 Å². The number of hydrogen-bond donors (Lipinski definition) is 1. The van der Waals surface area contributed by atoms with E-state index in [-0.39, 0.29) is 6.54 Å². The summed E-state index contributed by atoms with van der Waals surface area (Å²) in [6.07, 6.45) is 8.93. The third-order valence-corrected chi connectivity index (χ3v) is 2.23. The molecule has 3 nitrogen and oxygen atoms in total. The number of allylic oxidation sites excluding steroid dienone is 1. The summed E-state index contributed by atoms with van der Waals surface area (Å²) in [4.78, 5) is 12.5. The molecule has 0 aromatic heterocycles. The molecule has 1 rings (SSSR count). The monoisotopic (exact) mass is 183 g/mol.